The number of phenols is 4. The van der Waals surface area contributed by atoms with Crippen molar-refractivity contribution in [1.82, 2.24) is 0 Å². The predicted molar refractivity (Wildman–Crippen MR) is 270 cm³/mol. The van der Waals surface area contributed by atoms with Crippen LogP contribution in [0.2, 0.25) is 0 Å². The Balaban J connectivity index is 1.20. The molecule has 0 unspecified atom stereocenters. The first-order valence-electron chi connectivity index (χ1n) is 21.2. The molecule has 0 aliphatic carbocycles. The number of phenolic OH excluding ortho intramolecular Hbond substituents is 4. The van der Waals surface area contributed by atoms with Gasteiger partial charge in [-0.15, -0.1) is 0 Å². The molecule has 0 amide bonds. The summed E-state index contributed by atoms with van der Waals surface area (Å²) in [6.45, 7) is 0. The number of aromatic hydroxyl groups is 4. The van der Waals surface area contributed by atoms with Crippen molar-refractivity contribution in [1.29, 1.82) is 0 Å². The first kappa shape index (κ1) is 42.2. The van der Waals surface area contributed by atoms with Crippen molar-refractivity contribution >= 4 is 47.6 Å². The fourth-order valence-electron chi connectivity index (χ4n) is 7.59. The Morgan fingerprint density at radius 3 is 0.667 bits per heavy atom. The van der Waals surface area contributed by atoms with Crippen LogP contribution in [0.15, 0.2) is 226 Å². The van der Waals surface area contributed by atoms with E-state index in [4.69, 9.17) is 20.0 Å². The van der Waals surface area contributed by atoms with E-state index >= 15 is 0 Å². The van der Waals surface area contributed by atoms with Crippen LogP contribution >= 0.6 is 0 Å². The monoisotopic (exact) mass is 858 g/mol. The highest BCUT2D eigenvalue weighted by molar-refractivity contribution is 5.97. The number of rotatable bonds is 12. The Hall–Kier alpha value is -9.14. The molecule has 0 saturated heterocycles. The van der Waals surface area contributed by atoms with Crippen LogP contribution in [0.4, 0.5) is 22.7 Å². The molecule has 0 aliphatic rings. The van der Waals surface area contributed by atoms with Crippen LogP contribution in [0.5, 0.6) is 23.0 Å². The number of hydrogen-bond acceptors (Lipinski definition) is 8. The van der Waals surface area contributed by atoms with E-state index in [1.54, 1.807) is 61.3 Å². The van der Waals surface area contributed by atoms with Crippen LogP contribution in [0.3, 0.4) is 0 Å². The van der Waals surface area contributed by atoms with E-state index in [9.17, 15) is 20.4 Å². The van der Waals surface area contributed by atoms with Crippen LogP contribution < -0.4 is 0 Å². The average Bonchev–Trinajstić information content (AvgIpc) is 3.36. The zero-order chi connectivity index (χ0) is 45.2. The molecule has 8 heteroatoms. The lowest BCUT2D eigenvalue weighted by Crippen LogP contribution is -1.89. The van der Waals surface area contributed by atoms with Crippen LogP contribution in [-0.4, -0.2) is 45.3 Å². The molecule has 0 bridgehead atoms. The summed E-state index contributed by atoms with van der Waals surface area (Å²) in [6, 6.07) is 63.8. The minimum Gasteiger partial charge on any atom is -0.507 e. The van der Waals surface area contributed by atoms with Crippen LogP contribution in [-0.2, 0) is 0 Å². The molecule has 0 saturated carbocycles. The molecule has 0 aliphatic heterocycles. The van der Waals surface area contributed by atoms with Gasteiger partial charge in [0, 0.05) is 69.4 Å². The highest BCUT2D eigenvalue weighted by Gasteiger charge is 2.15. The molecule has 0 fully saturated rings. The third-order valence-corrected chi connectivity index (χ3v) is 11.1. The van der Waals surface area contributed by atoms with Crippen LogP contribution in [0, 0.1) is 0 Å². The quantitative estimate of drug-likeness (QED) is 0.0911. The van der Waals surface area contributed by atoms with E-state index in [1.807, 2.05) is 170 Å². The summed E-state index contributed by atoms with van der Waals surface area (Å²) >= 11 is 0. The van der Waals surface area contributed by atoms with Crippen molar-refractivity contribution < 1.29 is 20.4 Å². The van der Waals surface area contributed by atoms with Crippen molar-refractivity contribution in [2.45, 2.75) is 0 Å². The van der Waals surface area contributed by atoms with Gasteiger partial charge in [-0.25, -0.2) is 0 Å². The van der Waals surface area contributed by atoms with Crippen molar-refractivity contribution in [3.05, 3.63) is 229 Å². The second-order valence-corrected chi connectivity index (χ2v) is 15.3. The van der Waals surface area contributed by atoms with Gasteiger partial charge in [0.25, 0.3) is 0 Å². The predicted octanol–water partition coefficient (Wildman–Crippen LogP) is 14.2. The molecular weight excluding hydrogens is 817 g/mol. The molecule has 8 nitrogen and oxygen atoms in total. The Morgan fingerprint density at radius 2 is 0.455 bits per heavy atom. The maximum absolute atomic E-state index is 11.5. The molecule has 4 N–H and O–H groups in total. The zero-order valence-corrected chi connectivity index (χ0v) is 35.5. The number of aliphatic imine (C=N–C) groups is 4. The van der Waals surface area contributed by atoms with E-state index in [1.165, 1.54) is 0 Å². The van der Waals surface area contributed by atoms with E-state index in [0.29, 0.717) is 67.3 Å². The normalized spacial score (nSPS) is 11.6. The van der Waals surface area contributed by atoms with Gasteiger partial charge in [0.05, 0.1) is 22.7 Å². The first-order valence-corrected chi connectivity index (χ1v) is 21.2. The lowest BCUT2D eigenvalue weighted by molar-refractivity contribution is 0.476. The van der Waals surface area contributed by atoms with Crippen molar-refractivity contribution in [2.75, 3.05) is 0 Å². The van der Waals surface area contributed by atoms with E-state index in [0.717, 1.165) is 22.3 Å². The minimum atomic E-state index is 0.0610. The number of para-hydroxylation sites is 4. The van der Waals surface area contributed by atoms with Gasteiger partial charge in [-0.05, 0) is 58.7 Å². The molecular formula is C58H42N4O4. The standard InChI is InChI=1S/C58H42N4O4/c63-55-43(25-13-29-47(55)39-17-5-1-6-18-39)35-59-51-33-53(61-37-45-27-15-31-49(57(45)65)41-21-9-3-10-22-41)54(62-38-46-28-16-32-50(58(46)66)42-23-11-4-12-24-42)34-52(51)60-36-44-26-14-30-48(56(44)64)40-19-7-2-8-20-40/h1-38,63-66H. The maximum atomic E-state index is 11.5. The molecule has 0 spiro atoms. The van der Waals surface area contributed by atoms with Crippen LogP contribution in [0.1, 0.15) is 22.3 Å². The highest BCUT2D eigenvalue weighted by Crippen LogP contribution is 2.42. The van der Waals surface area contributed by atoms with E-state index in [2.05, 4.69) is 0 Å². The molecule has 9 aromatic rings. The highest BCUT2D eigenvalue weighted by atomic mass is 16.3. The summed E-state index contributed by atoms with van der Waals surface area (Å²) in [5.41, 5.74) is 9.41. The molecule has 0 aromatic heterocycles. The lowest BCUT2D eigenvalue weighted by Gasteiger charge is -2.10. The Morgan fingerprint density at radius 1 is 0.242 bits per heavy atom. The van der Waals surface area contributed by atoms with Crippen LogP contribution in [0.25, 0.3) is 44.5 Å². The van der Waals surface area contributed by atoms with Gasteiger partial charge in [0.1, 0.15) is 23.0 Å². The third kappa shape index (κ3) is 9.29. The first-order chi connectivity index (χ1) is 32.4. The fraction of sp³-hybridized carbons (Fsp3) is 0. The Labute approximate surface area is 382 Å². The van der Waals surface area contributed by atoms with Gasteiger partial charge in [-0.3, -0.25) is 20.0 Å². The summed E-state index contributed by atoms with van der Waals surface area (Å²) < 4.78 is 0. The summed E-state index contributed by atoms with van der Waals surface area (Å²) in [5, 5.41) is 46.0. The number of benzene rings is 9. The molecule has 0 radical (unpaired) electrons. The summed E-state index contributed by atoms with van der Waals surface area (Å²) in [6.07, 6.45) is 6.29. The second-order valence-electron chi connectivity index (χ2n) is 15.3. The van der Waals surface area contributed by atoms with Gasteiger partial charge in [-0.2, -0.15) is 0 Å². The summed E-state index contributed by atoms with van der Waals surface area (Å²) in [4.78, 5) is 19.6. The van der Waals surface area contributed by atoms with E-state index < -0.39 is 0 Å². The SMILES string of the molecule is Oc1c(C=Nc2cc(N=Cc3cccc(-c4ccccc4)c3O)c(N=Cc3cccc(-c4ccccc4)c3O)cc2N=Cc2cccc(-c3ccccc3)c2O)cccc1-c1ccccc1. The summed E-state index contributed by atoms with van der Waals surface area (Å²) in [5.74, 6) is 0.244. The zero-order valence-electron chi connectivity index (χ0n) is 35.5. The fourth-order valence-corrected chi connectivity index (χ4v) is 7.59. The number of nitrogens with zero attached hydrogens (tertiary/aromatic N) is 4. The lowest BCUT2D eigenvalue weighted by atomic mass is 10.0. The molecule has 0 atom stereocenters. The van der Waals surface area contributed by atoms with Gasteiger partial charge < -0.3 is 20.4 Å². The Kier molecular flexibility index (Phi) is 12.5. The molecule has 9 rings (SSSR count). The topological polar surface area (TPSA) is 130 Å². The van der Waals surface area contributed by atoms with Crippen molar-refractivity contribution in [3.8, 4) is 67.5 Å². The third-order valence-electron chi connectivity index (χ3n) is 11.1. The van der Waals surface area contributed by atoms with E-state index in [-0.39, 0.29) is 23.0 Å². The average molecular weight is 859 g/mol. The van der Waals surface area contributed by atoms with Gasteiger partial charge >= 0.3 is 0 Å². The summed E-state index contributed by atoms with van der Waals surface area (Å²) in [7, 11) is 0. The van der Waals surface area contributed by atoms with Gasteiger partial charge in [-0.1, -0.05) is 170 Å². The van der Waals surface area contributed by atoms with Gasteiger partial charge in [0.15, 0.2) is 0 Å². The molecule has 9 aromatic carbocycles. The Bertz CT molecular complexity index is 2840. The molecule has 318 valence electrons. The molecule has 0 heterocycles. The molecule has 66 heavy (non-hydrogen) atoms. The van der Waals surface area contributed by atoms with Gasteiger partial charge in [0.2, 0.25) is 0 Å². The largest absolute Gasteiger partial charge is 0.507 e. The minimum absolute atomic E-state index is 0.0610. The second kappa shape index (κ2) is 19.5. The number of hydrogen-bond donors (Lipinski definition) is 4. The van der Waals surface area contributed by atoms with Crippen molar-refractivity contribution in [3.63, 3.8) is 0 Å². The maximum Gasteiger partial charge on any atom is 0.132 e. The smallest absolute Gasteiger partial charge is 0.132 e. The van der Waals surface area contributed by atoms with Crippen molar-refractivity contribution in [2.24, 2.45) is 20.0 Å².